The minimum atomic E-state index is -0.329. The van der Waals surface area contributed by atoms with Gasteiger partial charge in [-0.3, -0.25) is 0 Å². The molecular weight excluding hydrogens is 264 g/mol. The van der Waals surface area contributed by atoms with E-state index in [9.17, 15) is 4.79 Å². The van der Waals surface area contributed by atoms with Crippen LogP contribution in [0.3, 0.4) is 0 Å². The Hall–Kier alpha value is -1.95. The summed E-state index contributed by atoms with van der Waals surface area (Å²) in [6.07, 6.45) is 15.5. The van der Waals surface area contributed by atoms with Crippen molar-refractivity contribution in [1.82, 2.24) is 0 Å². The number of benzene rings is 1. The standard InChI is InChI=1S/C16H24O3.C2H2/c1-3-4-5-6-7-8-12-19-15-11-9-10-14(13-15)16(17)18-2;1-2/h9-11,13H,3-8,12H2,1-2H3;1-2H. The van der Waals surface area contributed by atoms with E-state index in [2.05, 4.69) is 24.5 Å². The van der Waals surface area contributed by atoms with Gasteiger partial charge in [-0.05, 0) is 24.6 Å². The van der Waals surface area contributed by atoms with Crippen LogP contribution in [0.1, 0.15) is 55.8 Å². The maximum Gasteiger partial charge on any atom is 0.337 e. The van der Waals surface area contributed by atoms with Gasteiger partial charge in [0.1, 0.15) is 5.75 Å². The van der Waals surface area contributed by atoms with E-state index < -0.39 is 0 Å². The van der Waals surface area contributed by atoms with Gasteiger partial charge in [0.25, 0.3) is 0 Å². The van der Waals surface area contributed by atoms with E-state index in [4.69, 9.17) is 4.74 Å². The summed E-state index contributed by atoms with van der Waals surface area (Å²) in [5.41, 5.74) is 0.531. The molecule has 0 saturated carbocycles. The Morgan fingerprint density at radius 1 is 1.10 bits per heavy atom. The van der Waals surface area contributed by atoms with Crippen molar-refractivity contribution >= 4 is 5.97 Å². The van der Waals surface area contributed by atoms with Crippen molar-refractivity contribution in [1.29, 1.82) is 0 Å². The largest absolute Gasteiger partial charge is 0.494 e. The van der Waals surface area contributed by atoms with Crippen LogP contribution in [-0.2, 0) is 4.74 Å². The van der Waals surface area contributed by atoms with Gasteiger partial charge in [0.2, 0.25) is 0 Å². The molecule has 1 rings (SSSR count). The predicted octanol–water partition coefficient (Wildman–Crippen LogP) is 4.46. The normalized spacial score (nSPS) is 9.33. The molecule has 0 aliphatic carbocycles. The zero-order valence-electron chi connectivity index (χ0n) is 13.1. The van der Waals surface area contributed by atoms with Crippen molar-refractivity contribution in [3.8, 4) is 18.6 Å². The number of methoxy groups -OCH3 is 1. The lowest BCUT2D eigenvalue weighted by Gasteiger charge is -2.07. The Balaban J connectivity index is 0.00000191. The van der Waals surface area contributed by atoms with Crippen LogP contribution in [0, 0.1) is 12.8 Å². The predicted molar refractivity (Wildman–Crippen MR) is 86.5 cm³/mol. The summed E-state index contributed by atoms with van der Waals surface area (Å²) in [6, 6.07) is 7.12. The van der Waals surface area contributed by atoms with Gasteiger partial charge < -0.3 is 9.47 Å². The van der Waals surface area contributed by atoms with Crippen LogP contribution >= 0.6 is 0 Å². The quantitative estimate of drug-likeness (QED) is 0.382. The molecule has 0 fully saturated rings. The number of esters is 1. The maximum absolute atomic E-state index is 11.4. The van der Waals surface area contributed by atoms with Gasteiger partial charge in [-0.2, -0.15) is 0 Å². The molecule has 0 bridgehead atoms. The number of ether oxygens (including phenoxy) is 2. The van der Waals surface area contributed by atoms with Crippen LogP contribution in [0.4, 0.5) is 0 Å². The van der Waals surface area contributed by atoms with E-state index >= 15 is 0 Å². The van der Waals surface area contributed by atoms with Crippen LogP contribution < -0.4 is 4.74 Å². The molecule has 0 heterocycles. The fraction of sp³-hybridized carbons (Fsp3) is 0.500. The number of carbonyl (C=O) groups is 1. The van der Waals surface area contributed by atoms with Crippen LogP contribution in [0.2, 0.25) is 0 Å². The molecule has 3 heteroatoms. The summed E-state index contributed by atoms with van der Waals surface area (Å²) >= 11 is 0. The molecule has 1 aromatic rings. The lowest BCUT2D eigenvalue weighted by Crippen LogP contribution is -2.02. The number of terminal acetylenes is 1. The lowest BCUT2D eigenvalue weighted by atomic mass is 10.1. The fourth-order valence-electron chi connectivity index (χ4n) is 1.90. The molecule has 0 aliphatic rings. The Labute approximate surface area is 128 Å². The van der Waals surface area contributed by atoms with Gasteiger partial charge in [-0.25, -0.2) is 4.79 Å². The van der Waals surface area contributed by atoms with Crippen molar-refractivity contribution in [2.45, 2.75) is 45.4 Å². The monoisotopic (exact) mass is 290 g/mol. The van der Waals surface area contributed by atoms with E-state index in [0.29, 0.717) is 12.2 Å². The van der Waals surface area contributed by atoms with Gasteiger partial charge in [-0.1, -0.05) is 45.1 Å². The molecule has 0 unspecified atom stereocenters. The molecule has 0 aromatic heterocycles. The highest BCUT2D eigenvalue weighted by Crippen LogP contribution is 2.15. The van der Waals surface area contributed by atoms with Gasteiger partial charge in [-0.15, -0.1) is 12.8 Å². The van der Waals surface area contributed by atoms with E-state index in [1.165, 1.54) is 39.2 Å². The summed E-state index contributed by atoms with van der Waals surface area (Å²) in [5.74, 6) is 0.404. The second-order valence-corrected chi connectivity index (χ2v) is 4.64. The maximum atomic E-state index is 11.4. The summed E-state index contributed by atoms with van der Waals surface area (Å²) in [5, 5.41) is 0. The molecule has 0 atom stereocenters. The van der Waals surface area contributed by atoms with Crippen molar-refractivity contribution in [3.63, 3.8) is 0 Å². The minimum absolute atomic E-state index is 0.329. The first kappa shape index (κ1) is 19.1. The van der Waals surface area contributed by atoms with Crippen molar-refractivity contribution in [3.05, 3.63) is 29.8 Å². The van der Waals surface area contributed by atoms with Gasteiger partial charge in [0, 0.05) is 0 Å². The van der Waals surface area contributed by atoms with Gasteiger partial charge in [0.15, 0.2) is 0 Å². The first-order valence-corrected chi connectivity index (χ1v) is 7.42. The SMILES string of the molecule is C#C.CCCCCCCCOc1cccc(C(=O)OC)c1. The van der Waals surface area contributed by atoms with Gasteiger partial charge in [0.05, 0.1) is 19.3 Å². The molecule has 0 saturated heterocycles. The molecule has 1 aromatic carbocycles. The van der Waals surface area contributed by atoms with Crippen LogP contribution in [0.5, 0.6) is 5.75 Å². The zero-order valence-corrected chi connectivity index (χ0v) is 13.1. The molecule has 0 amide bonds. The Morgan fingerprint density at radius 3 is 2.43 bits per heavy atom. The zero-order chi connectivity index (χ0) is 15.9. The topological polar surface area (TPSA) is 35.5 Å². The van der Waals surface area contributed by atoms with E-state index in [-0.39, 0.29) is 5.97 Å². The Kier molecular flexibility index (Phi) is 11.8. The highest BCUT2D eigenvalue weighted by Gasteiger charge is 2.05. The van der Waals surface area contributed by atoms with Crippen LogP contribution in [0.15, 0.2) is 24.3 Å². The molecule has 0 radical (unpaired) electrons. The number of rotatable bonds is 9. The molecule has 116 valence electrons. The molecular formula is C18H26O3. The first-order valence-electron chi connectivity index (χ1n) is 7.42. The lowest BCUT2D eigenvalue weighted by molar-refractivity contribution is 0.0600. The average molecular weight is 290 g/mol. The van der Waals surface area contributed by atoms with Gasteiger partial charge >= 0.3 is 5.97 Å². The summed E-state index contributed by atoms with van der Waals surface area (Å²) in [6.45, 7) is 2.92. The number of hydrogen-bond acceptors (Lipinski definition) is 3. The highest BCUT2D eigenvalue weighted by atomic mass is 16.5. The smallest absolute Gasteiger partial charge is 0.337 e. The van der Waals surface area contributed by atoms with Crippen LogP contribution in [-0.4, -0.2) is 19.7 Å². The molecule has 3 nitrogen and oxygen atoms in total. The summed E-state index contributed by atoms with van der Waals surface area (Å²) in [7, 11) is 1.38. The number of unbranched alkanes of at least 4 members (excludes halogenated alkanes) is 5. The van der Waals surface area contributed by atoms with E-state index in [1.807, 2.05) is 12.1 Å². The van der Waals surface area contributed by atoms with Crippen molar-refractivity contribution < 1.29 is 14.3 Å². The minimum Gasteiger partial charge on any atom is -0.494 e. The Morgan fingerprint density at radius 2 is 1.76 bits per heavy atom. The third kappa shape index (κ3) is 8.75. The molecule has 0 N–H and O–H groups in total. The Bertz CT molecular complexity index is 410. The highest BCUT2D eigenvalue weighted by molar-refractivity contribution is 5.89. The average Bonchev–Trinajstić information content (AvgIpc) is 2.55. The molecule has 21 heavy (non-hydrogen) atoms. The second kappa shape index (κ2) is 13.1. The molecule has 0 aliphatic heterocycles. The van der Waals surface area contributed by atoms with Crippen molar-refractivity contribution in [2.24, 2.45) is 0 Å². The summed E-state index contributed by atoms with van der Waals surface area (Å²) < 4.78 is 10.3. The second-order valence-electron chi connectivity index (χ2n) is 4.64. The first-order chi connectivity index (χ1) is 10.3. The van der Waals surface area contributed by atoms with E-state index in [0.717, 1.165) is 12.2 Å². The number of hydrogen-bond donors (Lipinski definition) is 0. The number of carbonyl (C=O) groups excluding carboxylic acids is 1. The fourth-order valence-corrected chi connectivity index (χ4v) is 1.90. The third-order valence-corrected chi connectivity index (χ3v) is 3.02. The summed E-state index contributed by atoms with van der Waals surface area (Å²) in [4.78, 5) is 11.4. The molecule has 0 spiro atoms. The third-order valence-electron chi connectivity index (χ3n) is 3.02. The van der Waals surface area contributed by atoms with Crippen molar-refractivity contribution in [2.75, 3.05) is 13.7 Å². The van der Waals surface area contributed by atoms with Crippen LogP contribution in [0.25, 0.3) is 0 Å². The van der Waals surface area contributed by atoms with E-state index in [1.54, 1.807) is 12.1 Å².